The largest absolute Gasteiger partial charge is 0.342 e. The van der Waals surface area contributed by atoms with Crippen LogP contribution < -0.4 is 5.56 Å². The Labute approximate surface area is 166 Å². The highest BCUT2D eigenvalue weighted by Gasteiger charge is 2.28. The fourth-order valence-corrected chi connectivity index (χ4v) is 3.33. The first-order valence-corrected chi connectivity index (χ1v) is 9.99. The summed E-state index contributed by atoms with van der Waals surface area (Å²) in [6.07, 6.45) is 0. The van der Waals surface area contributed by atoms with E-state index in [-0.39, 0.29) is 28.4 Å². The highest BCUT2D eigenvalue weighted by Crippen LogP contribution is 2.18. The summed E-state index contributed by atoms with van der Waals surface area (Å²) >= 11 is 0. The van der Waals surface area contributed by atoms with Crippen molar-refractivity contribution in [3.05, 3.63) is 27.4 Å². The molecule has 1 aromatic rings. The van der Waals surface area contributed by atoms with E-state index in [0.29, 0.717) is 57.3 Å². The van der Waals surface area contributed by atoms with Crippen LogP contribution in [0.1, 0.15) is 56.5 Å². The number of aryl methyl sites for hydroxylation is 1. The SMILES string of the molecule is CCN(CC)C(=O)CN1CCN(C(=O)c2c(C)nc(C(C)(C)C)[nH]c2=O)CC1. The third-order valence-electron chi connectivity index (χ3n) is 5.16. The highest BCUT2D eigenvalue weighted by atomic mass is 16.2. The van der Waals surface area contributed by atoms with Gasteiger partial charge in [-0.05, 0) is 20.8 Å². The number of rotatable bonds is 5. The molecular weight excluding hydrogens is 358 g/mol. The van der Waals surface area contributed by atoms with E-state index >= 15 is 0 Å². The van der Waals surface area contributed by atoms with Crippen molar-refractivity contribution in [2.45, 2.75) is 47.0 Å². The van der Waals surface area contributed by atoms with E-state index < -0.39 is 0 Å². The average Bonchev–Trinajstić information content (AvgIpc) is 2.61. The van der Waals surface area contributed by atoms with Crippen LogP contribution in [0.3, 0.4) is 0 Å². The number of nitrogens with zero attached hydrogens (tertiary/aromatic N) is 4. The number of H-pyrrole nitrogens is 1. The molecule has 1 N–H and O–H groups in total. The van der Waals surface area contributed by atoms with Crippen LogP contribution in [0.5, 0.6) is 0 Å². The number of piperazine rings is 1. The molecule has 0 bridgehead atoms. The third-order valence-corrected chi connectivity index (χ3v) is 5.16. The van der Waals surface area contributed by atoms with Gasteiger partial charge in [-0.25, -0.2) is 4.98 Å². The fourth-order valence-electron chi connectivity index (χ4n) is 3.33. The van der Waals surface area contributed by atoms with Crippen molar-refractivity contribution in [2.24, 2.45) is 0 Å². The standard InChI is InChI=1S/C20H33N5O3/c1-7-24(8-2)15(26)13-23-9-11-25(12-10-23)18(28)16-14(3)21-19(20(4,5)6)22-17(16)27/h7-13H2,1-6H3,(H,21,22,27). The molecule has 1 aliphatic rings. The molecule has 156 valence electrons. The van der Waals surface area contributed by atoms with Crippen molar-refractivity contribution in [1.29, 1.82) is 0 Å². The number of carbonyl (C=O) groups is 2. The zero-order valence-corrected chi connectivity index (χ0v) is 18.0. The van der Waals surface area contributed by atoms with Crippen LogP contribution >= 0.6 is 0 Å². The second-order valence-electron chi connectivity index (χ2n) is 8.26. The molecule has 1 aliphatic heterocycles. The molecule has 0 aromatic carbocycles. The predicted molar refractivity (Wildman–Crippen MR) is 109 cm³/mol. The minimum absolute atomic E-state index is 0.110. The number of carbonyl (C=O) groups excluding carboxylic acids is 2. The number of nitrogens with one attached hydrogen (secondary N) is 1. The summed E-state index contributed by atoms with van der Waals surface area (Å²) in [5.41, 5.74) is -0.117. The molecule has 0 radical (unpaired) electrons. The van der Waals surface area contributed by atoms with E-state index in [4.69, 9.17) is 0 Å². The molecule has 1 saturated heterocycles. The third kappa shape index (κ3) is 4.98. The van der Waals surface area contributed by atoms with Crippen molar-refractivity contribution >= 4 is 11.8 Å². The van der Waals surface area contributed by atoms with E-state index in [9.17, 15) is 14.4 Å². The number of likely N-dealkylation sites (N-methyl/N-ethyl adjacent to an activating group) is 1. The minimum atomic E-state index is -0.387. The van der Waals surface area contributed by atoms with Gasteiger partial charge < -0.3 is 14.8 Å². The molecule has 8 heteroatoms. The number of amides is 2. The molecule has 2 rings (SSSR count). The summed E-state index contributed by atoms with van der Waals surface area (Å²) < 4.78 is 0. The van der Waals surface area contributed by atoms with Gasteiger partial charge in [0, 0.05) is 44.7 Å². The molecule has 28 heavy (non-hydrogen) atoms. The minimum Gasteiger partial charge on any atom is -0.342 e. The molecule has 2 heterocycles. The van der Waals surface area contributed by atoms with Gasteiger partial charge in [-0.3, -0.25) is 19.3 Å². The maximum absolute atomic E-state index is 12.9. The lowest BCUT2D eigenvalue weighted by atomic mass is 9.95. The molecule has 1 aromatic heterocycles. The van der Waals surface area contributed by atoms with Crippen LogP contribution in [0, 0.1) is 6.92 Å². The highest BCUT2D eigenvalue weighted by molar-refractivity contribution is 5.95. The zero-order valence-electron chi connectivity index (χ0n) is 18.0. The number of hydrogen-bond donors (Lipinski definition) is 1. The summed E-state index contributed by atoms with van der Waals surface area (Å²) in [5.74, 6) is 0.395. The molecule has 0 unspecified atom stereocenters. The summed E-state index contributed by atoms with van der Waals surface area (Å²) in [4.78, 5) is 50.5. The van der Waals surface area contributed by atoms with Crippen LogP contribution in [-0.2, 0) is 10.2 Å². The van der Waals surface area contributed by atoms with Gasteiger partial charge in [0.2, 0.25) is 5.91 Å². The van der Waals surface area contributed by atoms with Crippen molar-refractivity contribution in [1.82, 2.24) is 24.7 Å². The molecule has 0 atom stereocenters. The Kier molecular flexibility index (Phi) is 6.98. The van der Waals surface area contributed by atoms with Crippen LogP contribution in [0.15, 0.2) is 4.79 Å². The van der Waals surface area contributed by atoms with Crippen LogP contribution in [0.25, 0.3) is 0 Å². The Morgan fingerprint density at radius 3 is 2.14 bits per heavy atom. The van der Waals surface area contributed by atoms with Crippen molar-refractivity contribution < 1.29 is 9.59 Å². The van der Waals surface area contributed by atoms with Gasteiger partial charge in [-0.1, -0.05) is 20.8 Å². The van der Waals surface area contributed by atoms with E-state index in [1.165, 1.54) is 0 Å². The molecule has 0 spiro atoms. The monoisotopic (exact) mass is 391 g/mol. The summed E-state index contributed by atoms with van der Waals surface area (Å²) in [6.45, 7) is 15.5. The van der Waals surface area contributed by atoms with E-state index in [1.54, 1.807) is 11.8 Å². The van der Waals surface area contributed by atoms with Gasteiger partial charge in [0.05, 0.1) is 12.2 Å². The maximum Gasteiger partial charge on any atom is 0.264 e. The van der Waals surface area contributed by atoms with Crippen LogP contribution in [-0.4, -0.2) is 82.3 Å². The van der Waals surface area contributed by atoms with Gasteiger partial charge in [0.15, 0.2) is 0 Å². The average molecular weight is 392 g/mol. The number of aromatic nitrogens is 2. The molecule has 8 nitrogen and oxygen atoms in total. The number of aromatic amines is 1. The first-order valence-electron chi connectivity index (χ1n) is 9.99. The van der Waals surface area contributed by atoms with Gasteiger partial charge >= 0.3 is 0 Å². The van der Waals surface area contributed by atoms with Gasteiger partial charge in [-0.2, -0.15) is 0 Å². The van der Waals surface area contributed by atoms with E-state index in [0.717, 1.165) is 0 Å². The van der Waals surface area contributed by atoms with Crippen LogP contribution in [0.4, 0.5) is 0 Å². The first kappa shape index (κ1) is 22.1. The fraction of sp³-hybridized carbons (Fsp3) is 0.700. The van der Waals surface area contributed by atoms with Crippen molar-refractivity contribution in [2.75, 3.05) is 45.8 Å². The van der Waals surface area contributed by atoms with Crippen molar-refractivity contribution in [3.63, 3.8) is 0 Å². The Hall–Kier alpha value is -2.22. The summed E-state index contributed by atoms with van der Waals surface area (Å²) in [6, 6.07) is 0. The lowest BCUT2D eigenvalue weighted by molar-refractivity contribution is -0.132. The van der Waals surface area contributed by atoms with Crippen molar-refractivity contribution in [3.8, 4) is 0 Å². The molecule has 0 aliphatic carbocycles. The second-order valence-corrected chi connectivity index (χ2v) is 8.26. The maximum atomic E-state index is 12.9. The normalized spacial score (nSPS) is 15.6. The topological polar surface area (TPSA) is 89.6 Å². The molecule has 1 fully saturated rings. The predicted octanol–water partition coefficient (Wildman–Crippen LogP) is 1.00. The Bertz CT molecular complexity index is 769. The summed E-state index contributed by atoms with van der Waals surface area (Å²) in [5, 5.41) is 0. The molecule has 2 amide bonds. The second kappa shape index (κ2) is 8.86. The smallest absolute Gasteiger partial charge is 0.264 e. The van der Waals surface area contributed by atoms with Gasteiger partial charge in [0.25, 0.3) is 11.5 Å². The Morgan fingerprint density at radius 2 is 1.68 bits per heavy atom. The molecular formula is C20H33N5O3. The number of hydrogen-bond acceptors (Lipinski definition) is 5. The Balaban J connectivity index is 2.04. The lowest BCUT2D eigenvalue weighted by Gasteiger charge is -2.35. The van der Waals surface area contributed by atoms with Crippen LogP contribution in [0.2, 0.25) is 0 Å². The van der Waals surface area contributed by atoms with Gasteiger partial charge in [-0.15, -0.1) is 0 Å². The Morgan fingerprint density at radius 1 is 1.11 bits per heavy atom. The summed E-state index contributed by atoms with van der Waals surface area (Å²) in [7, 11) is 0. The first-order chi connectivity index (χ1) is 13.1. The quantitative estimate of drug-likeness (QED) is 0.809. The van der Waals surface area contributed by atoms with E-state index in [1.807, 2.05) is 39.5 Å². The van der Waals surface area contributed by atoms with Gasteiger partial charge in [0.1, 0.15) is 11.4 Å². The zero-order chi connectivity index (χ0) is 21.1. The lowest BCUT2D eigenvalue weighted by Crippen LogP contribution is -2.52. The van der Waals surface area contributed by atoms with E-state index in [2.05, 4.69) is 14.9 Å². The molecule has 0 saturated carbocycles.